The highest BCUT2D eigenvalue weighted by Gasteiger charge is 2.11. The number of aryl methyl sites for hydroxylation is 1. The van der Waals surface area contributed by atoms with Gasteiger partial charge in [0.2, 0.25) is 0 Å². The van der Waals surface area contributed by atoms with Crippen LogP contribution in [0.2, 0.25) is 0 Å². The van der Waals surface area contributed by atoms with Gasteiger partial charge in [-0.25, -0.2) is 0 Å². The van der Waals surface area contributed by atoms with Crippen molar-refractivity contribution in [2.45, 2.75) is 42.9 Å². The Morgan fingerprint density at radius 3 is 2.65 bits per heavy atom. The zero-order chi connectivity index (χ0) is 14.8. The van der Waals surface area contributed by atoms with Crippen molar-refractivity contribution in [2.75, 3.05) is 0 Å². The average molecular weight is 355 g/mol. The van der Waals surface area contributed by atoms with Gasteiger partial charge in [0, 0.05) is 28.5 Å². The molecule has 6 heteroatoms. The highest BCUT2D eigenvalue weighted by Crippen LogP contribution is 2.29. The van der Waals surface area contributed by atoms with Gasteiger partial charge < -0.3 is 9.88 Å². The van der Waals surface area contributed by atoms with Crippen molar-refractivity contribution < 1.29 is 0 Å². The van der Waals surface area contributed by atoms with E-state index < -0.39 is 0 Å². The van der Waals surface area contributed by atoms with E-state index in [9.17, 15) is 0 Å². The number of halogens is 1. The molecule has 0 bridgehead atoms. The van der Waals surface area contributed by atoms with E-state index in [1.807, 2.05) is 11.6 Å². The summed E-state index contributed by atoms with van der Waals surface area (Å²) in [5.74, 6) is 0. The molecule has 0 amide bonds. The van der Waals surface area contributed by atoms with Crippen molar-refractivity contribution in [3.63, 3.8) is 0 Å². The molecule has 1 aromatic heterocycles. The first-order chi connectivity index (χ1) is 9.35. The quantitative estimate of drug-likeness (QED) is 0.910. The highest BCUT2D eigenvalue weighted by atomic mass is 79.9. The van der Waals surface area contributed by atoms with Crippen LogP contribution in [0.15, 0.2) is 39.1 Å². The third-order valence-corrected chi connectivity index (χ3v) is 4.49. The van der Waals surface area contributed by atoms with Crippen LogP contribution in [0.5, 0.6) is 0 Å². The third kappa shape index (κ3) is 4.33. The van der Waals surface area contributed by atoms with Crippen LogP contribution in [-0.4, -0.2) is 20.3 Å². The van der Waals surface area contributed by atoms with Crippen molar-refractivity contribution in [3.8, 4) is 0 Å². The maximum atomic E-state index is 4.08. The molecule has 0 spiro atoms. The van der Waals surface area contributed by atoms with Crippen LogP contribution in [-0.2, 0) is 13.6 Å². The topological polar surface area (TPSA) is 42.7 Å². The minimum atomic E-state index is 0.117. The minimum absolute atomic E-state index is 0.117. The van der Waals surface area contributed by atoms with Crippen LogP contribution >= 0.6 is 27.7 Å². The van der Waals surface area contributed by atoms with Crippen LogP contribution in [0, 0.1) is 0 Å². The van der Waals surface area contributed by atoms with Crippen LogP contribution in [0.4, 0.5) is 0 Å². The first-order valence-electron chi connectivity index (χ1n) is 6.40. The van der Waals surface area contributed by atoms with Crippen LogP contribution in [0.3, 0.4) is 0 Å². The largest absolute Gasteiger partial charge is 0.311 e. The smallest absolute Gasteiger partial charge is 0.195 e. The lowest BCUT2D eigenvalue weighted by atomic mass is 10.1. The molecule has 0 aliphatic carbocycles. The number of benzene rings is 1. The van der Waals surface area contributed by atoms with Gasteiger partial charge in [0.15, 0.2) is 5.16 Å². The summed E-state index contributed by atoms with van der Waals surface area (Å²) < 4.78 is 3.02. The Morgan fingerprint density at radius 1 is 1.35 bits per heavy atom. The number of nitrogens with zero attached hydrogens (tertiary/aromatic N) is 3. The van der Waals surface area contributed by atoms with Crippen LogP contribution in [0.1, 0.15) is 26.3 Å². The zero-order valence-electron chi connectivity index (χ0n) is 12.1. The maximum Gasteiger partial charge on any atom is 0.195 e. The minimum Gasteiger partial charge on any atom is -0.311 e. The van der Waals surface area contributed by atoms with E-state index in [2.05, 4.69) is 70.4 Å². The summed E-state index contributed by atoms with van der Waals surface area (Å²) in [7, 11) is 1.94. The Hall–Kier alpha value is -0.850. The lowest BCUT2D eigenvalue weighted by Crippen LogP contribution is -2.35. The summed E-state index contributed by atoms with van der Waals surface area (Å²) in [5.41, 5.74) is 1.37. The SMILES string of the molecule is Cn1cnnc1Sc1ccc(CNC(C)(C)C)c(Br)c1. The molecular weight excluding hydrogens is 336 g/mol. The molecule has 2 aromatic rings. The van der Waals surface area contributed by atoms with Crippen LogP contribution < -0.4 is 5.32 Å². The molecule has 2 rings (SSSR count). The second kappa shape index (κ2) is 6.28. The fourth-order valence-electron chi connectivity index (χ4n) is 1.57. The van der Waals surface area contributed by atoms with Gasteiger partial charge in [-0.1, -0.05) is 22.0 Å². The molecule has 1 heterocycles. The Bertz CT molecular complexity index is 589. The Balaban J connectivity index is 2.08. The molecule has 1 aromatic carbocycles. The Morgan fingerprint density at radius 2 is 2.10 bits per heavy atom. The molecule has 4 nitrogen and oxygen atoms in total. The second-order valence-corrected chi connectivity index (χ2v) is 7.58. The van der Waals surface area contributed by atoms with Crippen molar-refractivity contribution in [1.29, 1.82) is 0 Å². The number of hydrogen-bond donors (Lipinski definition) is 1. The monoisotopic (exact) mass is 354 g/mol. The van der Waals surface area contributed by atoms with Gasteiger partial charge in [-0.3, -0.25) is 0 Å². The van der Waals surface area contributed by atoms with E-state index in [1.54, 1.807) is 18.1 Å². The maximum absolute atomic E-state index is 4.08. The van der Waals surface area contributed by atoms with Gasteiger partial charge >= 0.3 is 0 Å². The molecule has 0 aliphatic rings. The van der Waals surface area contributed by atoms with Crippen molar-refractivity contribution in [1.82, 2.24) is 20.1 Å². The molecule has 0 unspecified atom stereocenters. The van der Waals surface area contributed by atoms with Crippen LogP contribution in [0.25, 0.3) is 0 Å². The average Bonchev–Trinajstić information content (AvgIpc) is 2.73. The Kier molecular flexibility index (Phi) is 4.88. The molecule has 0 aliphatic heterocycles. The standard InChI is InChI=1S/C14H19BrN4S/c1-14(2,3)16-8-10-5-6-11(7-12(10)15)20-13-18-17-9-19(13)4/h5-7,9,16H,8H2,1-4H3. The fourth-order valence-corrected chi connectivity index (χ4v) is 3.04. The first kappa shape index (κ1) is 15.5. The van der Waals surface area contributed by atoms with Crippen molar-refractivity contribution in [2.24, 2.45) is 7.05 Å². The van der Waals surface area contributed by atoms with E-state index in [4.69, 9.17) is 0 Å². The first-order valence-corrected chi connectivity index (χ1v) is 8.01. The van der Waals surface area contributed by atoms with Gasteiger partial charge in [-0.2, -0.15) is 0 Å². The third-order valence-electron chi connectivity index (χ3n) is 2.71. The summed E-state index contributed by atoms with van der Waals surface area (Å²) in [4.78, 5) is 1.15. The van der Waals surface area contributed by atoms with Crippen molar-refractivity contribution >= 4 is 27.7 Å². The van der Waals surface area contributed by atoms with Crippen molar-refractivity contribution in [3.05, 3.63) is 34.6 Å². The lowest BCUT2D eigenvalue weighted by Gasteiger charge is -2.21. The van der Waals surface area contributed by atoms with Gasteiger partial charge in [0.25, 0.3) is 0 Å². The highest BCUT2D eigenvalue weighted by molar-refractivity contribution is 9.10. The van der Waals surface area contributed by atoms with Gasteiger partial charge in [0.1, 0.15) is 6.33 Å². The molecular formula is C14H19BrN4S. The predicted octanol–water partition coefficient (Wildman–Crippen LogP) is 3.62. The molecule has 0 fully saturated rings. The summed E-state index contributed by atoms with van der Waals surface area (Å²) in [6.45, 7) is 7.34. The van der Waals surface area contributed by atoms with Gasteiger partial charge in [-0.15, -0.1) is 10.2 Å². The second-order valence-electron chi connectivity index (χ2n) is 5.68. The lowest BCUT2D eigenvalue weighted by molar-refractivity contribution is 0.424. The van der Waals surface area contributed by atoms with E-state index in [1.165, 1.54) is 5.56 Å². The summed E-state index contributed by atoms with van der Waals surface area (Å²) >= 11 is 5.25. The normalized spacial score (nSPS) is 11.8. The molecule has 0 radical (unpaired) electrons. The summed E-state index contributed by atoms with van der Waals surface area (Å²) in [5, 5.41) is 12.3. The molecule has 20 heavy (non-hydrogen) atoms. The molecule has 0 saturated heterocycles. The molecule has 108 valence electrons. The molecule has 0 saturated carbocycles. The Labute approximate surface area is 132 Å². The molecule has 0 atom stereocenters. The van der Waals surface area contributed by atoms with E-state index in [-0.39, 0.29) is 5.54 Å². The van der Waals surface area contributed by atoms with E-state index in [0.29, 0.717) is 0 Å². The number of nitrogens with one attached hydrogen (secondary N) is 1. The molecule has 1 N–H and O–H groups in total. The van der Waals surface area contributed by atoms with Gasteiger partial charge in [-0.05, 0) is 50.2 Å². The number of hydrogen-bond acceptors (Lipinski definition) is 4. The fraction of sp³-hybridized carbons (Fsp3) is 0.429. The summed E-state index contributed by atoms with van der Waals surface area (Å²) in [6, 6.07) is 6.38. The number of rotatable bonds is 4. The van der Waals surface area contributed by atoms with E-state index >= 15 is 0 Å². The summed E-state index contributed by atoms with van der Waals surface area (Å²) in [6.07, 6.45) is 1.71. The zero-order valence-corrected chi connectivity index (χ0v) is 14.5. The number of aromatic nitrogens is 3. The van der Waals surface area contributed by atoms with Gasteiger partial charge in [0.05, 0.1) is 0 Å². The van der Waals surface area contributed by atoms with E-state index in [0.717, 1.165) is 21.1 Å². The predicted molar refractivity (Wildman–Crippen MR) is 85.9 cm³/mol.